The highest BCUT2D eigenvalue weighted by Gasteiger charge is 2.28. The molecule has 0 spiro atoms. The summed E-state index contributed by atoms with van der Waals surface area (Å²) in [5.74, 6) is 1.60. The Morgan fingerprint density at radius 3 is 2.71 bits per heavy atom. The van der Waals surface area contributed by atoms with Crippen LogP contribution in [0.3, 0.4) is 0 Å². The molecule has 0 fully saturated rings. The summed E-state index contributed by atoms with van der Waals surface area (Å²) in [7, 11) is 1.67. The van der Waals surface area contributed by atoms with Crippen LogP contribution in [-0.4, -0.2) is 18.6 Å². The molecule has 1 aliphatic heterocycles. The normalized spacial score (nSPS) is 15.6. The number of methoxy groups -OCH3 is 1. The van der Waals surface area contributed by atoms with E-state index in [-0.39, 0.29) is 6.04 Å². The highest BCUT2D eigenvalue weighted by molar-refractivity contribution is 6.32. The molecule has 2 heterocycles. The highest BCUT2D eigenvalue weighted by Crippen LogP contribution is 2.41. The van der Waals surface area contributed by atoms with Gasteiger partial charge in [0.25, 0.3) is 0 Å². The largest absolute Gasteiger partial charge is 0.495 e. The first-order chi connectivity index (χ1) is 15.1. The van der Waals surface area contributed by atoms with Crippen molar-refractivity contribution in [3.05, 3.63) is 93.6 Å². The summed E-state index contributed by atoms with van der Waals surface area (Å²) in [6.07, 6.45) is 0.954. The van der Waals surface area contributed by atoms with Crippen molar-refractivity contribution < 1.29 is 9.47 Å². The van der Waals surface area contributed by atoms with Gasteiger partial charge in [-0.1, -0.05) is 48.0 Å². The standard InChI is InChI=1S/C26H25ClN2O2/c1-16-12-21(26(30-2)22(27)13-16)24-25-19(10-11-28-24)20-14-18(8-9-23(20)29-25)31-15-17-6-4-3-5-7-17/h3-9,12-14,24,28-29H,10-11,15H2,1-2H3. The number of aromatic amines is 1. The summed E-state index contributed by atoms with van der Waals surface area (Å²) in [4.78, 5) is 3.64. The first kappa shape index (κ1) is 20.0. The maximum Gasteiger partial charge on any atom is 0.142 e. The number of rotatable bonds is 5. The lowest BCUT2D eigenvalue weighted by atomic mass is 9.93. The minimum Gasteiger partial charge on any atom is -0.495 e. The van der Waals surface area contributed by atoms with Crippen LogP contribution in [0.15, 0.2) is 60.7 Å². The predicted octanol–water partition coefficient (Wildman–Crippen LogP) is 5.95. The van der Waals surface area contributed by atoms with Crippen molar-refractivity contribution in [3.8, 4) is 11.5 Å². The number of aromatic nitrogens is 1. The molecule has 2 N–H and O–H groups in total. The Kier molecular flexibility index (Phi) is 5.34. The van der Waals surface area contributed by atoms with Crippen molar-refractivity contribution in [3.63, 3.8) is 0 Å². The van der Waals surface area contributed by atoms with Gasteiger partial charge in [0.15, 0.2) is 0 Å². The molecule has 0 amide bonds. The van der Waals surface area contributed by atoms with Gasteiger partial charge in [-0.25, -0.2) is 0 Å². The SMILES string of the molecule is COc1c(Cl)cc(C)cc1C1NCCc2c1[nH]c1ccc(OCc3ccccc3)cc21. The van der Waals surface area contributed by atoms with E-state index in [2.05, 4.69) is 47.6 Å². The Morgan fingerprint density at radius 1 is 1.06 bits per heavy atom. The molecular formula is C26H25ClN2O2. The first-order valence-electron chi connectivity index (χ1n) is 10.5. The smallest absolute Gasteiger partial charge is 0.142 e. The average Bonchev–Trinajstić information content (AvgIpc) is 3.16. The van der Waals surface area contributed by atoms with Crippen LogP contribution in [0, 0.1) is 6.92 Å². The van der Waals surface area contributed by atoms with Crippen molar-refractivity contribution in [1.29, 1.82) is 0 Å². The zero-order valence-electron chi connectivity index (χ0n) is 17.7. The zero-order chi connectivity index (χ0) is 21.4. The lowest BCUT2D eigenvalue weighted by molar-refractivity contribution is 0.306. The quantitative estimate of drug-likeness (QED) is 0.409. The lowest BCUT2D eigenvalue weighted by Crippen LogP contribution is -2.30. The van der Waals surface area contributed by atoms with E-state index >= 15 is 0 Å². The van der Waals surface area contributed by atoms with Crippen LogP contribution >= 0.6 is 11.6 Å². The number of halogens is 1. The summed E-state index contributed by atoms with van der Waals surface area (Å²) >= 11 is 6.49. The van der Waals surface area contributed by atoms with Crippen molar-refractivity contribution in [2.24, 2.45) is 0 Å². The van der Waals surface area contributed by atoms with Crippen LogP contribution in [0.5, 0.6) is 11.5 Å². The number of H-pyrrole nitrogens is 1. The fourth-order valence-corrected chi connectivity index (χ4v) is 4.85. The van der Waals surface area contributed by atoms with Gasteiger partial charge in [-0.05, 0) is 54.3 Å². The maximum atomic E-state index is 6.49. The minimum absolute atomic E-state index is 0.00260. The third-order valence-electron chi connectivity index (χ3n) is 5.90. The fourth-order valence-electron chi connectivity index (χ4n) is 4.49. The van der Waals surface area contributed by atoms with Gasteiger partial charge in [0.2, 0.25) is 0 Å². The van der Waals surface area contributed by atoms with Crippen LogP contribution in [0.1, 0.15) is 34.0 Å². The molecule has 5 heteroatoms. The minimum atomic E-state index is -0.00260. The first-order valence-corrected chi connectivity index (χ1v) is 10.9. The van der Waals surface area contributed by atoms with Crippen molar-refractivity contribution >= 4 is 22.5 Å². The summed E-state index contributed by atoms with van der Waals surface area (Å²) in [6.45, 7) is 3.50. The molecule has 0 radical (unpaired) electrons. The zero-order valence-corrected chi connectivity index (χ0v) is 18.4. The number of fused-ring (bicyclic) bond motifs is 3. The average molecular weight is 433 g/mol. The molecule has 0 bridgehead atoms. The predicted molar refractivity (Wildman–Crippen MR) is 125 cm³/mol. The van der Waals surface area contributed by atoms with Crippen LogP contribution in [0.2, 0.25) is 5.02 Å². The van der Waals surface area contributed by atoms with E-state index in [0.29, 0.717) is 11.6 Å². The van der Waals surface area contributed by atoms with Gasteiger partial charge >= 0.3 is 0 Å². The molecule has 1 aromatic heterocycles. The van der Waals surface area contributed by atoms with Gasteiger partial charge in [0, 0.05) is 28.7 Å². The summed E-state index contributed by atoms with van der Waals surface area (Å²) in [6, 6.07) is 20.6. The summed E-state index contributed by atoms with van der Waals surface area (Å²) in [5, 5.41) is 5.49. The van der Waals surface area contributed by atoms with E-state index < -0.39 is 0 Å². The third-order valence-corrected chi connectivity index (χ3v) is 6.18. The number of hydrogen-bond acceptors (Lipinski definition) is 3. The Bertz CT molecular complexity index is 1230. The number of ether oxygens (including phenoxy) is 2. The number of aryl methyl sites for hydroxylation is 1. The van der Waals surface area contributed by atoms with Crippen LogP contribution in [-0.2, 0) is 13.0 Å². The number of nitrogens with one attached hydrogen (secondary N) is 2. The van der Waals surface area contributed by atoms with Crippen LogP contribution in [0.4, 0.5) is 0 Å². The van der Waals surface area contributed by atoms with Crippen LogP contribution < -0.4 is 14.8 Å². The molecule has 0 aliphatic carbocycles. The second-order valence-corrected chi connectivity index (χ2v) is 8.41. The Morgan fingerprint density at radius 2 is 1.90 bits per heavy atom. The molecule has 1 atom stereocenters. The van der Waals surface area contributed by atoms with Crippen molar-refractivity contribution in [1.82, 2.24) is 10.3 Å². The third kappa shape index (κ3) is 3.78. The van der Waals surface area contributed by atoms with Crippen molar-refractivity contribution in [2.45, 2.75) is 26.0 Å². The second-order valence-electron chi connectivity index (χ2n) is 8.01. The molecule has 3 aromatic carbocycles. The molecule has 4 aromatic rings. The van der Waals surface area contributed by atoms with Gasteiger partial charge in [-0.3, -0.25) is 0 Å². The van der Waals surface area contributed by atoms with Crippen LogP contribution in [0.25, 0.3) is 10.9 Å². The van der Waals surface area contributed by atoms with Crippen molar-refractivity contribution in [2.75, 3.05) is 13.7 Å². The van der Waals surface area contributed by atoms with Gasteiger partial charge in [0.1, 0.15) is 18.1 Å². The fraction of sp³-hybridized carbons (Fsp3) is 0.231. The van der Waals surface area contributed by atoms with E-state index in [1.807, 2.05) is 30.3 Å². The van der Waals surface area contributed by atoms with Gasteiger partial charge in [0.05, 0.1) is 18.2 Å². The van der Waals surface area contributed by atoms with Gasteiger partial charge in [-0.15, -0.1) is 0 Å². The van der Waals surface area contributed by atoms with E-state index in [1.165, 1.54) is 16.6 Å². The lowest BCUT2D eigenvalue weighted by Gasteiger charge is -2.27. The Labute approximate surface area is 187 Å². The molecule has 0 saturated heterocycles. The molecule has 1 aliphatic rings. The molecule has 0 saturated carbocycles. The second kappa shape index (κ2) is 8.29. The molecule has 4 nitrogen and oxygen atoms in total. The molecule has 158 valence electrons. The maximum absolute atomic E-state index is 6.49. The van der Waals surface area contributed by atoms with Gasteiger partial charge < -0.3 is 19.8 Å². The van der Waals surface area contributed by atoms with E-state index in [0.717, 1.165) is 46.7 Å². The van der Waals surface area contributed by atoms with E-state index in [1.54, 1.807) is 7.11 Å². The Balaban J connectivity index is 1.52. The topological polar surface area (TPSA) is 46.3 Å². The molecule has 31 heavy (non-hydrogen) atoms. The molecule has 5 rings (SSSR count). The molecular weight excluding hydrogens is 408 g/mol. The summed E-state index contributed by atoms with van der Waals surface area (Å²) < 4.78 is 11.7. The molecule has 1 unspecified atom stereocenters. The van der Waals surface area contributed by atoms with E-state index in [4.69, 9.17) is 21.1 Å². The summed E-state index contributed by atoms with van der Waals surface area (Å²) in [5.41, 5.74) is 6.93. The Hall–Kier alpha value is -2.95. The highest BCUT2D eigenvalue weighted by atomic mass is 35.5. The van der Waals surface area contributed by atoms with E-state index in [9.17, 15) is 0 Å². The monoisotopic (exact) mass is 432 g/mol. The van der Waals surface area contributed by atoms with Gasteiger partial charge in [-0.2, -0.15) is 0 Å². The number of benzene rings is 3. The number of hydrogen-bond donors (Lipinski definition) is 2.